The number of hydrogen-bond acceptors (Lipinski definition) is 5. The molecule has 0 radical (unpaired) electrons. The Morgan fingerprint density at radius 3 is 1.02 bits per heavy atom. The minimum Gasteiger partial charge on any atom is -0.462 e. The zero-order valence-corrected chi connectivity index (χ0v) is 40.5. The van der Waals surface area contributed by atoms with Gasteiger partial charge in [0, 0.05) is 12.8 Å². The van der Waals surface area contributed by atoms with Crippen LogP contribution in [0.3, 0.4) is 0 Å². The highest BCUT2D eigenvalue weighted by atomic mass is 16.6. The van der Waals surface area contributed by atoms with Crippen molar-refractivity contribution >= 4 is 11.9 Å². The number of allylic oxidation sites excluding steroid dienone is 4. The molecule has 1 atom stereocenters. The number of ether oxygens (including phenoxy) is 2. The number of aliphatic hydroxyl groups is 1. The zero-order chi connectivity index (χ0) is 43.5. The van der Waals surface area contributed by atoms with Gasteiger partial charge in [-0.2, -0.15) is 0 Å². The lowest BCUT2D eigenvalue weighted by Crippen LogP contribution is -2.28. The Morgan fingerprint density at radius 1 is 0.383 bits per heavy atom. The molecule has 1 unspecified atom stereocenters. The van der Waals surface area contributed by atoms with Crippen molar-refractivity contribution in [2.45, 2.75) is 302 Å². The summed E-state index contributed by atoms with van der Waals surface area (Å²) in [5, 5.41) is 9.62. The number of aliphatic hydroxyl groups excluding tert-OH is 1. The number of rotatable bonds is 50. The molecule has 60 heavy (non-hydrogen) atoms. The van der Waals surface area contributed by atoms with Gasteiger partial charge in [-0.15, -0.1) is 0 Å². The third kappa shape index (κ3) is 49.0. The van der Waals surface area contributed by atoms with Crippen LogP contribution in [0.15, 0.2) is 24.3 Å². The number of esters is 2. The van der Waals surface area contributed by atoms with E-state index in [1.807, 2.05) is 0 Å². The molecular formula is C55H104O5. The minimum atomic E-state index is -0.772. The number of hydrogen-bond donors (Lipinski definition) is 1. The predicted octanol–water partition coefficient (Wildman–Crippen LogP) is 17.8. The first-order valence-corrected chi connectivity index (χ1v) is 26.9. The normalized spacial score (nSPS) is 12.2. The molecule has 0 aromatic carbocycles. The van der Waals surface area contributed by atoms with Crippen LogP contribution in [0.25, 0.3) is 0 Å². The van der Waals surface area contributed by atoms with Crippen LogP contribution < -0.4 is 0 Å². The van der Waals surface area contributed by atoms with Crippen molar-refractivity contribution in [3.8, 4) is 0 Å². The average Bonchev–Trinajstić information content (AvgIpc) is 3.25. The van der Waals surface area contributed by atoms with Crippen LogP contribution in [-0.4, -0.2) is 36.4 Å². The molecule has 5 nitrogen and oxygen atoms in total. The van der Waals surface area contributed by atoms with E-state index in [0.29, 0.717) is 12.8 Å². The molecule has 0 aliphatic heterocycles. The Morgan fingerprint density at radius 2 is 0.667 bits per heavy atom. The Hall–Kier alpha value is -1.62. The SMILES string of the molecule is CCCCC/C=C\C/C=C\CCCCCCCCCC(=O)OC(CO)COC(=O)CCCCCCCCCCCCCCCCCCCCCCCCCCCCCCC. The summed E-state index contributed by atoms with van der Waals surface area (Å²) < 4.78 is 10.7. The third-order valence-electron chi connectivity index (χ3n) is 12.2. The molecule has 354 valence electrons. The zero-order valence-electron chi connectivity index (χ0n) is 40.5. The Kier molecular flexibility index (Phi) is 50.3. The van der Waals surface area contributed by atoms with Gasteiger partial charge in [0.2, 0.25) is 0 Å². The second kappa shape index (κ2) is 51.7. The van der Waals surface area contributed by atoms with Gasteiger partial charge >= 0.3 is 11.9 Å². The summed E-state index contributed by atoms with van der Waals surface area (Å²) in [5.74, 6) is -0.584. The first-order valence-electron chi connectivity index (χ1n) is 26.9. The molecule has 0 fully saturated rings. The van der Waals surface area contributed by atoms with Crippen molar-refractivity contribution in [1.29, 1.82) is 0 Å². The molecule has 0 aliphatic carbocycles. The van der Waals surface area contributed by atoms with E-state index in [1.165, 1.54) is 225 Å². The quantitative estimate of drug-likeness (QED) is 0.0375. The fourth-order valence-corrected chi connectivity index (χ4v) is 8.18. The van der Waals surface area contributed by atoms with Gasteiger partial charge in [0.25, 0.3) is 0 Å². The fourth-order valence-electron chi connectivity index (χ4n) is 8.18. The average molecular weight is 845 g/mol. The van der Waals surface area contributed by atoms with E-state index in [0.717, 1.165) is 44.9 Å². The standard InChI is InChI=1S/C55H104O5/c1-3-5-7-9-11-13-15-17-19-21-22-23-24-25-26-27-28-29-30-31-32-34-35-37-39-41-43-45-47-49-54(57)59-52-53(51-56)60-55(58)50-48-46-44-42-40-38-36-33-20-18-16-14-12-10-8-6-4-2/h12,14,18,20,53,56H,3-11,13,15-17,19,21-52H2,1-2H3/b14-12-,20-18-. The van der Waals surface area contributed by atoms with Crippen LogP contribution in [0.1, 0.15) is 296 Å². The Labute approximate surface area is 374 Å². The summed E-state index contributed by atoms with van der Waals surface area (Å²) in [5.41, 5.74) is 0. The second-order valence-electron chi connectivity index (χ2n) is 18.3. The van der Waals surface area contributed by atoms with Gasteiger partial charge in [-0.25, -0.2) is 0 Å². The smallest absolute Gasteiger partial charge is 0.306 e. The van der Waals surface area contributed by atoms with E-state index in [4.69, 9.17) is 9.47 Å². The van der Waals surface area contributed by atoms with Crippen LogP contribution in [0.5, 0.6) is 0 Å². The maximum atomic E-state index is 12.2. The highest BCUT2D eigenvalue weighted by molar-refractivity contribution is 5.70. The van der Waals surface area contributed by atoms with Gasteiger partial charge in [-0.1, -0.05) is 263 Å². The minimum absolute atomic E-state index is 0.0639. The van der Waals surface area contributed by atoms with E-state index in [9.17, 15) is 14.7 Å². The maximum Gasteiger partial charge on any atom is 0.306 e. The van der Waals surface area contributed by atoms with Crippen molar-refractivity contribution in [2.75, 3.05) is 13.2 Å². The topological polar surface area (TPSA) is 72.8 Å². The van der Waals surface area contributed by atoms with E-state index >= 15 is 0 Å². The fraction of sp³-hybridized carbons (Fsp3) is 0.891. The van der Waals surface area contributed by atoms with E-state index in [2.05, 4.69) is 38.2 Å². The molecule has 0 spiro atoms. The molecule has 0 saturated heterocycles. The molecule has 0 bridgehead atoms. The van der Waals surface area contributed by atoms with Crippen LogP contribution in [0.2, 0.25) is 0 Å². The van der Waals surface area contributed by atoms with Crippen LogP contribution in [-0.2, 0) is 19.1 Å². The van der Waals surface area contributed by atoms with E-state index < -0.39 is 6.10 Å². The number of carbonyl (C=O) groups is 2. The van der Waals surface area contributed by atoms with E-state index in [-0.39, 0.29) is 25.2 Å². The summed E-state index contributed by atoms with van der Waals surface area (Å²) in [6.45, 7) is 4.15. The molecular weight excluding hydrogens is 741 g/mol. The molecule has 0 aliphatic rings. The molecule has 1 N–H and O–H groups in total. The Bertz CT molecular complexity index is 913. The van der Waals surface area contributed by atoms with E-state index in [1.54, 1.807) is 0 Å². The van der Waals surface area contributed by atoms with Crippen molar-refractivity contribution < 1.29 is 24.2 Å². The van der Waals surface area contributed by atoms with Gasteiger partial charge in [-0.3, -0.25) is 9.59 Å². The Balaban J connectivity index is 3.41. The summed E-state index contributed by atoms with van der Waals surface area (Å²) in [6, 6.07) is 0. The second-order valence-corrected chi connectivity index (χ2v) is 18.3. The van der Waals surface area contributed by atoms with Gasteiger partial charge in [-0.05, 0) is 44.9 Å². The number of carbonyl (C=O) groups excluding carboxylic acids is 2. The molecule has 5 heteroatoms. The monoisotopic (exact) mass is 845 g/mol. The van der Waals surface area contributed by atoms with Crippen LogP contribution in [0.4, 0.5) is 0 Å². The van der Waals surface area contributed by atoms with Gasteiger partial charge in [0.05, 0.1) is 6.61 Å². The molecule has 0 heterocycles. The van der Waals surface area contributed by atoms with Crippen molar-refractivity contribution in [3.05, 3.63) is 24.3 Å². The summed E-state index contributed by atoms with van der Waals surface area (Å²) in [7, 11) is 0. The molecule has 0 rings (SSSR count). The van der Waals surface area contributed by atoms with Gasteiger partial charge < -0.3 is 14.6 Å². The van der Waals surface area contributed by atoms with Crippen LogP contribution in [0, 0.1) is 0 Å². The number of unbranched alkanes of at least 4 members (excludes halogenated alkanes) is 38. The molecule has 0 amide bonds. The van der Waals surface area contributed by atoms with Crippen LogP contribution >= 0.6 is 0 Å². The molecule has 0 aromatic heterocycles. The summed E-state index contributed by atoms with van der Waals surface area (Å²) >= 11 is 0. The predicted molar refractivity (Wildman–Crippen MR) is 261 cm³/mol. The van der Waals surface area contributed by atoms with Gasteiger partial charge in [0.1, 0.15) is 6.61 Å². The summed E-state index contributed by atoms with van der Waals surface area (Å²) in [6.07, 6.45) is 64.4. The van der Waals surface area contributed by atoms with Gasteiger partial charge in [0.15, 0.2) is 6.10 Å². The third-order valence-corrected chi connectivity index (χ3v) is 12.2. The first-order chi connectivity index (χ1) is 29.6. The summed E-state index contributed by atoms with van der Waals surface area (Å²) in [4.78, 5) is 24.4. The van der Waals surface area contributed by atoms with Crippen molar-refractivity contribution in [2.24, 2.45) is 0 Å². The maximum absolute atomic E-state index is 12.2. The lowest BCUT2D eigenvalue weighted by molar-refractivity contribution is -0.161. The molecule has 0 saturated carbocycles. The largest absolute Gasteiger partial charge is 0.462 e. The first kappa shape index (κ1) is 58.4. The lowest BCUT2D eigenvalue weighted by atomic mass is 10.0. The highest BCUT2D eigenvalue weighted by Crippen LogP contribution is 2.17. The highest BCUT2D eigenvalue weighted by Gasteiger charge is 2.16. The van der Waals surface area contributed by atoms with Crippen molar-refractivity contribution in [3.63, 3.8) is 0 Å². The molecule has 0 aromatic rings. The lowest BCUT2D eigenvalue weighted by Gasteiger charge is -2.15. The van der Waals surface area contributed by atoms with Crippen molar-refractivity contribution in [1.82, 2.24) is 0 Å².